The van der Waals surface area contributed by atoms with Crippen molar-refractivity contribution in [1.82, 2.24) is 0 Å². The largest absolute Gasteiger partial charge is 2.00 e. The van der Waals surface area contributed by atoms with Crippen molar-refractivity contribution in [2.75, 3.05) is 0 Å². The second kappa shape index (κ2) is 2.95. The second-order valence-corrected chi connectivity index (χ2v) is 4.02. The molecule has 4 nitrogen and oxygen atoms in total. The Bertz CT molecular complexity index is 269. The summed E-state index contributed by atoms with van der Waals surface area (Å²) in [6, 6.07) is 1.68. The Morgan fingerprint density at radius 1 is 1.60 bits per heavy atom. The first-order chi connectivity index (χ1) is 4.02. The maximum absolute atomic E-state index is 10.5. The third-order valence-corrected chi connectivity index (χ3v) is 3.04. The molecule has 0 aromatic heterocycles. The molecule has 1 aliphatic rings. The average Bonchev–Trinajstić information content (AvgIpc) is 2.40. The summed E-state index contributed by atoms with van der Waals surface area (Å²) in [5, 5.41) is 13.0. The van der Waals surface area contributed by atoms with Gasteiger partial charge in [0.2, 0.25) is 10.0 Å². The summed E-state index contributed by atoms with van der Waals surface area (Å²) in [7, 11) is -3.60. The van der Waals surface area contributed by atoms with Gasteiger partial charge in [-0.2, -0.15) is 5.26 Å². The zero-order valence-corrected chi connectivity index (χ0v) is 8.40. The number of hydrogen-bond acceptors (Lipinski definition) is 3. The smallest absolute Gasteiger partial charge is 1.00 e. The second-order valence-electron chi connectivity index (χ2n) is 2.15. The molecule has 0 unspecified atom stereocenters. The van der Waals surface area contributed by atoms with Gasteiger partial charge in [-0.05, 0) is 12.8 Å². The minimum absolute atomic E-state index is 0. The van der Waals surface area contributed by atoms with Gasteiger partial charge in [0.25, 0.3) is 0 Å². The zero-order chi connectivity index (χ0) is 7.12. The minimum Gasteiger partial charge on any atom is -1.00 e. The summed E-state index contributed by atoms with van der Waals surface area (Å²) in [5.41, 5.74) is 0. The van der Waals surface area contributed by atoms with Crippen LogP contribution in [0.25, 0.3) is 0 Å². The molecule has 6 heteroatoms. The standard InChI is InChI=1S/C4H6N2O2S.Ca.2H/c5-3-4(1-2-4)9(6,7)8;;;/h1-2H2,(H2,6,7,8);;;/q;+2;2*-1. The van der Waals surface area contributed by atoms with Crippen LogP contribution in [0.1, 0.15) is 15.7 Å². The summed E-state index contributed by atoms with van der Waals surface area (Å²) < 4.78 is 19.8. The van der Waals surface area contributed by atoms with Gasteiger partial charge in [-0.15, -0.1) is 0 Å². The fourth-order valence-electron chi connectivity index (χ4n) is 0.573. The number of rotatable bonds is 1. The van der Waals surface area contributed by atoms with Crippen LogP contribution in [0.5, 0.6) is 0 Å². The Balaban J connectivity index is -0.000000270. The Labute approximate surface area is 92.4 Å². The van der Waals surface area contributed by atoms with Crippen molar-refractivity contribution in [2.24, 2.45) is 5.14 Å². The molecular formula is C4H8CaN2O2S. The zero-order valence-electron chi connectivity index (χ0n) is 7.37. The van der Waals surface area contributed by atoms with Crippen LogP contribution in [0, 0.1) is 11.3 Å². The first-order valence-corrected chi connectivity index (χ1v) is 4.00. The number of nitrogens with two attached hydrogens (primary N) is 1. The molecule has 0 saturated heterocycles. The molecule has 0 amide bonds. The summed E-state index contributed by atoms with van der Waals surface area (Å²) in [4.78, 5) is 0. The SMILES string of the molecule is N#CC1(S(N)(=O)=O)CC1.[Ca+2].[H-].[H-]. The van der Waals surface area contributed by atoms with Crippen molar-refractivity contribution in [3.63, 3.8) is 0 Å². The van der Waals surface area contributed by atoms with Gasteiger partial charge in [0.1, 0.15) is 0 Å². The minimum atomic E-state index is -3.60. The molecule has 1 saturated carbocycles. The predicted molar refractivity (Wildman–Crippen MR) is 38.7 cm³/mol. The summed E-state index contributed by atoms with van der Waals surface area (Å²) in [6.45, 7) is 0. The van der Waals surface area contributed by atoms with Crippen molar-refractivity contribution >= 4 is 47.8 Å². The van der Waals surface area contributed by atoms with Crippen LogP contribution in [0.15, 0.2) is 0 Å². The molecule has 0 aromatic rings. The maximum Gasteiger partial charge on any atom is 2.00 e. The fraction of sp³-hybridized carbons (Fsp3) is 0.750. The van der Waals surface area contributed by atoms with Gasteiger partial charge in [0, 0.05) is 0 Å². The number of nitriles is 1. The summed E-state index contributed by atoms with van der Waals surface area (Å²) in [5.74, 6) is 0. The summed E-state index contributed by atoms with van der Waals surface area (Å²) >= 11 is 0. The van der Waals surface area contributed by atoms with Crippen LogP contribution in [0.2, 0.25) is 0 Å². The molecule has 0 atom stereocenters. The molecule has 1 fully saturated rings. The Hall–Kier alpha value is 0.660. The quantitative estimate of drug-likeness (QED) is 0.545. The van der Waals surface area contributed by atoms with Crippen LogP contribution < -0.4 is 5.14 Å². The van der Waals surface area contributed by atoms with E-state index >= 15 is 0 Å². The van der Waals surface area contributed by atoms with E-state index in [0.717, 1.165) is 0 Å². The van der Waals surface area contributed by atoms with E-state index in [2.05, 4.69) is 0 Å². The number of sulfonamides is 1. The topological polar surface area (TPSA) is 83.9 Å². The van der Waals surface area contributed by atoms with E-state index in [9.17, 15) is 8.42 Å². The van der Waals surface area contributed by atoms with Crippen molar-refractivity contribution in [3.05, 3.63) is 0 Å². The Kier molecular flexibility index (Phi) is 3.15. The fourth-order valence-corrected chi connectivity index (χ4v) is 1.37. The molecule has 0 spiro atoms. The Morgan fingerprint density at radius 3 is 2.00 bits per heavy atom. The number of hydrogen-bond donors (Lipinski definition) is 1. The van der Waals surface area contributed by atoms with Crippen LogP contribution in [0.3, 0.4) is 0 Å². The van der Waals surface area contributed by atoms with E-state index in [1.165, 1.54) is 0 Å². The maximum atomic E-state index is 10.5. The molecule has 10 heavy (non-hydrogen) atoms. The molecule has 0 bridgehead atoms. The average molecular weight is 188 g/mol. The molecule has 0 radical (unpaired) electrons. The van der Waals surface area contributed by atoms with Crippen LogP contribution in [-0.4, -0.2) is 50.9 Å². The molecule has 2 N–H and O–H groups in total. The van der Waals surface area contributed by atoms with E-state index < -0.39 is 14.8 Å². The van der Waals surface area contributed by atoms with Gasteiger partial charge < -0.3 is 2.85 Å². The normalized spacial score (nSPS) is 20.4. The Morgan fingerprint density at radius 2 is 2.00 bits per heavy atom. The molecule has 1 aliphatic carbocycles. The molecule has 0 aromatic carbocycles. The molecule has 1 rings (SSSR count). The van der Waals surface area contributed by atoms with E-state index in [-0.39, 0.29) is 40.6 Å². The molecular weight excluding hydrogens is 180 g/mol. The van der Waals surface area contributed by atoms with Gasteiger partial charge in [-0.3, -0.25) is 0 Å². The van der Waals surface area contributed by atoms with E-state index in [4.69, 9.17) is 10.4 Å². The van der Waals surface area contributed by atoms with Gasteiger partial charge in [-0.1, -0.05) is 0 Å². The van der Waals surface area contributed by atoms with Gasteiger partial charge in [0.05, 0.1) is 6.07 Å². The van der Waals surface area contributed by atoms with E-state index in [0.29, 0.717) is 12.8 Å². The molecule has 0 aliphatic heterocycles. The predicted octanol–water partition coefficient (Wildman–Crippen LogP) is -0.825. The first kappa shape index (κ1) is 10.7. The van der Waals surface area contributed by atoms with Crippen LogP contribution in [0.4, 0.5) is 0 Å². The van der Waals surface area contributed by atoms with Crippen LogP contribution >= 0.6 is 0 Å². The monoisotopic (exact) mass is 188 g/mol. The number of nitrogens with zero attached hydrogens (tertiary/aromatic N) is 1. The molecule has 54 valence electrons. The van der Waals surface area contributed by atoms with Crippen molar-refractivity contribution in [3.8, 4) is 6.07 Å². The third kappa shape index (κ3) is 1.63. The van der Waals surface area contributed by atoms with Gasteiger partial charge >= 0.3 is 37.7 Å². The first-order valence-electron chi connectivity index (χ1n) is 2.45. The van der Waals surface area contributed by atoms with E-state index in [1.54, 1.807) is 6.07 Å². The van der Waals surface area contributed by atoms with Crippen LogP contribution in [-0.2, 0) is 10.0 Å². The van der Waals surface area contributed by atoms with E-state index in [1.807, 2.05) is 0 Å². The molecule has 0 heterocycles. The van der Waals surface area contributed by atoms with Crippen molar-refractivity contribution < 1.29 is 11.3 Å². The van der Waals surface area contributed by atoms with Gasteiger partial charge in [-0.25, -0.2) is 13.6 Å². The third-order valence-electron chi connectivity index (χ3n) is 1.45. The summed E-state index contributed by atoms with van der Waals surface area (Å²) in [6.07, 6.45) is 0.782. The van der Waals surface area contributed by atoms with Crippen molar-refractivity contribution in [2.45, 2.75) is 17.6 Å². The number of primary sulfonamides is 1. The van der Waals surface area contributed by atoms with Gasteiger partial charge in [0.15, 0.2) is 4.75 Å². The van der Waals surface area contributed by atoms with Crippen molar-refractivity contribution in [1.29, 1.82) is 5.26 Å².